The Balaban J connectivity index is 1.36. The van der Waals surface area contributed by atoms with Crippen LogP contribution in [0.25, 0.3) is 27.5 Å². The number of nitrogens with zero attached hydrogens (tertiary/aromatic N) is 2. The van der Waals surface area contributed by atoms with Gasteiger partial charge in [0, 0.05) is 35.2 Å². The number of hydrogen-bond donors (Lipinski definition) is 0. The van der Waals surface area contributed by atoms with E-state index < -0.39 is 36.6 Å². The number of unbranched alkanes of at least 4 members (excludes halogenated alkanes) is 10. The minimum absolute atomic E-state index is 0.413. The van der Waals surface area contributed by atoms with Crippen LogP contribution in [0.3, 0.4) is 0 Å². The summed E-state index contributed by atoms with van der Waals surface area (Å²) >= 11 is 0. The maximum atomic E-state index is 6.54. The first-order valence-corrected chi connectivity index (χ1v) is 21.3. The predicted molar refractivity (Wildman–Crippen MR) is 231 cm³/mol. The summed E-state index contributed by atoms with van der Waals surface area (Å²) in [6, 6.07) is 22.7. The molecule has 1 aromatic heterocycles. The first-order chi connectivity index (χ1) is 25.7. The van der Waals surface area contributed by atoms with Gasteiger partial charge in [-0.1, -0.05) is 102 Å². The summed E-state index contributed by atoms with van der Waals surface area (Å²) in [7, 11) is -0.878. The standard InChI is InChI=1S/C46H68B2N2O4/c1-11-13-15-17-19-21-31-49(32-22-20-18-16-14-12-2)37-25-27-38(28-26-37)50-41-33-35(47-51-43(3,4)44(5,6)52-47)23-29-39(41)40-30-24-36(34-42(40)50)48-53-45(7,8)46(9,10)54-48/h23-30,33-34H,11-22,31-32H2,1-10H3. The van der Waals surface area contributed by atoms with Gasteiger partial charge in [-0.25, -0.2) is 0 Å². The van der Waals surface area contributed by atoms with Crippen molar-refractivity contribution in [2.75, 3.05) is 18.0 Å². The highest BCUT2D eigenvalue weighted by atomic mass is 16.7. The van der Waals surface area contributed by atoms with Crippen LogP contribution < -0.4 is 15.8 Å². The highest BCUT2D eigenvalue weighted by Gasteiger charge is 2.53. The lowest BCUT2D eigenvalue weighted by Gasteiger charge is -2.32. The smallest absolute Gasteiger partial charge is 0.399 e. The molecule has 2 saturated heterocycles. The van der Waals surface area contributed by atoms with E-state index in [-0.39, 0.29) is 0 Å². The molecule has 292 valence electrons. The fraction of sp³-hybridized carbons (Fsp3) is 0.609. The van der Waals surface area contributed by atoms with Crippen molar-refractivity contribution >= 4 is 52.7 Å². The molecule has 0 saturated carbocycles. The molecule has 0 spiro atoms. The predicted octanol–water partition coefficient (Wildman–Crippen LogP) is 10.9. The topological polar surface area (TPSA) is 45.1 Å². The van der Waals surface area contributed by atoms with Crippen LogP contribution in [0.4, 0.5) is 5.69 Å². The van der Waals surface area contributed by atoms with Crippen LogP contribution in [0.15, 0.2) is 60.7 Å². The molecule has 0 unspecified atom stereocenters. The molecule has 0 radical (unpaired) electrons. The van der Waals surface area contributed by atoms with Crippen molar-refractivity contribution in [1.29, 1.82) is 0 Å². The molecule has 54 heavy (non-hydrogen) atoms. The summed E-state index contributed by atoms with van der Waals surface area (Å²) in [6.45, 7) is 23.7. The lowest BCUT2D eigenvalue weighted by Crippen LogP contribution is -2.41. The number of anilines is 1. The summed E-state index contributed by atoms with van der Waals surface area (Å²) in [5, 5.41) is 2.39. The van der Waals surface area contributed by atoms with Gasteiger partial charge in [-0.2, -0.15) is 0 Å². The summed E-state index contributed by atoms with van der Waals surface area (Å²) < 4.78 is 28.5. The van der Waals surface area contributed by atoms with E-state index in [1.165, 1.54) is 93.5 Å². The molecule has 0 N–H and O–H groups in total. The number of hydrogen-bond acceptors (Lipinski definition) is 5. The van der Waals surface area contributed by atoms with Crippen LogP contribution in [-0.4, -0.2) is 54.3 Å². The normalized spacial score (nSPS) is 18.7. The van der Waals surface area contributed by atoms with Crippen LogP contribution in [0, 0.1) is 0 Å². The first kappa shape index (κ1) is 40.9. The zero-order valence-corrected chi connectivity index (χ0v) is 35.4. The maximum absolute atomic E-state index is 6.54. The number of fused-ring (bicyclic) bond motifs is 3. The highest BCUT2D eigenvalue weighted by Crippen LogP contribution is 2.39. The fourth-order valence-electron chi connectivity index (χ4n) is 7.93. The van der Waals surface area contributed by atoms with E-state index >= 15 is 0 Å². The third-order valence-electron chi connectivity index (χ3n) is 12.9. The second kappa shape index (κ2) is 16.8. The summed E-state index contributed by atoms with van der Waals surface area (Å²) in [5.74, 6) is 0. The molecule has 0 aliphatic carbocycles. The van der Waals surface area contributed by atoms with Gasteiger partial charge in [-0.05, 0) is 116 Å². The molecule has 6 nitrogen and oxygen atoms in total. The van der Waals surface area contributed by atoms with Crippen LogP contribution in [0.1, 0.15) is 146 Å². The summed E-state index contributed by atoms with van der Waals surface area (Å²) in [4.78, 5) is 2.64. The van der Waals surface area contributed by atoms with Crippen molar-refractivity contribution in [2.45, 2.75) is 169 Å². The monoisotopic (exact) mass is 735 g/mol. The van der Waals surface area contributed by atoms with Gasteiger partial charge < -0.3 is 28.1 Å². The zero-order valence-electron chi connectivity index (χ0n) is 35.4. The summed E-state index contributed by atoms with van der Waals surface area (Å²) in [6.07, 6.45) is 15.8. The fourth-order valence-corrected chi connectivity index (χ4v) is 7.93. The Morgan fingerprint density at radius 2 is 0.852 bits per heavy atom. The molecule has 0 amide bonds. The van der Waals surface area contributed by atoms with Crippen molar-refractivity contribution in [1.82, 2.24) is 4.57 Å². The third kappa shape index (κ3) is 8.62. The van der Waals surface area contributed by atoms with E-state index in [4.69, 9.17) is 18.6 Å². The highest BCUT2D eigenvalue weighted by molar-refractivity contribution is 6.63. The van der Waals surface area contributed by atoms with Crippen molar-refractivity contribution in [3.05, 3.63) is 60.7 Å². The SMILES string of the molecule is CCCCCCCCN(CCCCCCCC)c1ccc(-n2c3cc(B4OC(C)(C)C(C)(C)O4)ccc3c3ccc(B4OC(C)(C)C(C)(C)O4)cc32)cc1. The lowest BCUT2D eigenvalue weighted by atomic mass is 9.78. The molecule has 6 rings (SSSR count). The van der Waals surface area contributed by atoms with Gasteiger partial charge in [0.25, 0.3) is 0 Å². The number of aromatic nitrogens is 1. The van der Waals surface area contributed by atoms with Crippen LogP contribution in [-0.2, 0) is 18.6 Å². The number of benzene rings is 3. The van der Waals surface area contributed by atoms with E-state index in [1.807, 2.05) is 0 Å². The molecule has 4 aromatic rings. The second-order valence-corrected chi connectivity index (χ2v) is 18.1. The van der Waals surface area contributed by atoms with Gasteiger partial charge in [0.15, 0.2) is 0 Å². The Labute approximate surface area is 327 Å². The Morgan fingerprint density at radius 1 is 0.481 bits per heavy atom. The molecule has 2 fully saturated rings. The van der Waals surface area contributed by atoms with Crippen molar-refractivity contribution in [3.63, 3.8) is 0 Å². The molecule has 3 heterocycles. The maximum Gasteiger partial charge on any atom is 0.494 e. The lowest BCUT2D eigenvalue weighted by molar-refractivity contribution is 0.00578. The van der Waals surface area contributed by atoms with E-state index in [2.05, 4.69) is 139 Å². The van der Waals surface area contributed by atoms with Gasteiger partial charge >= 0.3 is 14.2 Å². The molecule has 3 aromatic carbocycles. The average Bonchev–Trinajstić information content (AvgIpc) is 3.66. The van der Waals surface area contributed by atoms with E-state index in [0.717, 1.165) is 40.7 Å². The molecular formula is C46H68B2N2O4. The minimum atomic E-state index is -0.439. The van der Waals surface area contributed by atoms with E-state index in [9.17, 15) is 0 Å². The molecule has 2 aliphatic heterocycles. The van der Waals surface area contributed by atoms with Gasteiger partial charge in [0.2, 0.25) is 0 Å². The van der Waals surface area contributed by atoms with Crippen LogP contribution in [0.5, 0.6) is 0 Å². The largest absolute Gasteiger partial charge is 0.494 e. The number of rotatable bonds is 18. The first-order valence-electron chi connectivity index (χ1n) is 21.3. The average molecular weight is 735 g/mol. The second-order valence-electron chi connectivity index (χ2n) is 18.1. The minimum Gasteiger partial charge on any atom is -0.399 e. The quantitative estimate of drug-likeness (QED) is 0.0752. The summed E-state index contributed by atoms with van der Waals surface area (Å²) in [5.41, 5.74) is 5.11. The van der Waals surface area contributed by atoms with Crippen LogP contribution in [0.2, 0.25) is 0 Å². The molecular weight excluding hydrogens is 666 g/mol. The van der Waals surface area contributed by atoms with Crippen LogP contribution >= 0.6 is 0 Å². The Hall–Kier alpha value is -2.77. The Kier molecular flexibility index (Phi) is 12.7. The van der Waals surface area contributed by atoms with Crippen molar-refractivity contribution in [2.24, 2.45) is 0 Å². The third-order valence-corrected chi connectivity index (χ3v) is 12.9. The van der Waals surface area contributed by atoms with Crippen molar-refractivity contribution in [3.8, 4) is 5.69 Å². The van der Waals surface area contributed by atoms with Gasteiger partial charge in [-0.3, -0.25) is 0 Å². The Morgan fingerprint density at radius 3 is 1.24 bits per heavy atom. The zero-order chi connectivity index (χ0) is 38.7. The van der Waals surface area contributed by atoms with E-state index in [1.54, 1.807) is 0 Å². The molecule has 2 aliphatic rings. The van der Waals surface area contributed by atoms with Gasteiger partial charge in [-0.15, -0.1) is 0 Å². The molecule has 0 bridgehead atoms. The van der Waals surface area contributed by atoms with E-state index in [0.29, 0.717) is 0 Å². The van der Waals surface area contributed by atoms with Crippen molar-refractivity contribution < 1.29 is 18.6 Å². The molecule has 8 heteroatoms. The van der Waals surface area contributed by atoms with Gasteiger partial charge in [0.05, 0.1) is 33.4 Å². The van der Waals surface area contributed by atoms with Gasteiger partial charge in [0.1, 0.15) is 0 Å². The molecule has 0 atom stereocenters. The Bertz CT molecular complexity index is 1710.